The smallest absolute Gasteiger partial charge is 0.0156 e. The van der Waals surface area contributed by atoms with Crippen molar-refractivity contribution in [2.45, 2.75) is 126 Å². The fourth-order valence-corrected chi connectivity index (χ4v) is 7.20. The first kappa shape index (κ1) is 17.3. The second kappa shape index (κ2) is 7.69. The van der Waals surface area contributed by atoms with Crippen molar-refractivity contribution in [3.05, 3.63) is 34.4 Å². The first-order chi connectivity index (χ1) is 12.9. The van der Waals surface area contributed by atoms with Gasteiger partial charge in [0.05, 0.1) is 0 Å². The van der Waals surface area contributed by atoms with E-state index >= 15 is 0 Å². The predicted molar refractivity (Wildman–Crippen MR) is 111 cm³/mol. The monoisotopic (exact) mass is 350 g/mol. The van der Waals surface area contributed by atoms with Crippen LogP contribution in [0.4, 0.5) is 0 Å². The lowest BCUT2D eigenvalue weighted by Gasteiger charge is -2.30. The van der Waals surface area contributed by atoms with Gasteiger partial charge in [-0.15, -0.1) is 0 Å². The number of benzene rings is 1. The van der Waals surface area contributed by atoms with Crippen molar-refractivity contribution in [3.63, 3.8) is 0 Å². The molecule has 4 aliphatic carbocycles. The van der Waals surface area contributed by atoms with Crippen molar-refractivity contribution >= 4 is 0 Å². The van der Waals surface area contributed by atoms with Crippen molar-refractivity contribution in [2.24, 2.45) is 0 Å². The highest BCUT2D eigenvalue weighted by molar-refractivity contribution is 5.49. The van der Waals surface area contributed by atoms with E-state index in [4.69, 9.17) is 0 Å². The van der Waals surface area contributed by atoms with E-state index in [-0.39, 0.29) is 0 Å². The summed E-state index contributed by atoms with van der Waals surface area (Å²) in [6, 6.07) is 5.30. The SMILES string of the molecule is c1cc(C2CCCC2)c(C2CCCC2)c(C2CCCC2)c1C1CCCC1. The fourth-order valence-electron chi connectivity index (χ4n) is 7.20. The summed E-state index contributed by atoms with van der Waals surface area (Å²) in [5.74, 6) is 3.59. The molecule has 0 atom stereocenters. The highest BCUT2D eigenvalue weighted by atomic mass is 14.4. The van der Waals surface area contributed by atoms with Crippen molar-refractivity contribution in [1.82, 2.24) is 0 Å². The van der Waals surface area contributed by atoms with Gasteiger partial charge in [0, 0.05) is 0 Å². The van der Waals surface area contributed by atoms with Gasteiger partial charge < -0.3 is 0 Å². The predicted octanol–water partition coefficient (Wildman–Crippen LogP) is 8.32. The van der Waals surface area contributed by atoms with E-state index in [1.54, 1.807) is 0 Å². The van der Waals surface area contributed by atoms with Gasteiger partial charge in [-0.05, 0) is 97.3 Å². The van der Waals surface area contributed by atoms with Crippen LogP contribution in [0.5, 0.6) is 0 Å². The van der Waals surface area contributed by atoms with E-state index in [0.717, 1.165) is 23.7 Å². The molecule has 0 unspecified atom stereocenters. The molecule has 0 bridgehead atoms. The van der Waals surface area contributed by atoms with E-state index in [9.17, 15) is 0 Å². The summed E-state index contributed by atoms with van der Waals surface area (Å²) in [5.41, 5.74) is 7.53. The van der Waals surface area contributed by atoms with Crippen LogP contribution in [0, 0.1) is 0 Å². The van der Waals surface area contributed by atoms with Crippen LogP contribution in [-0.4, -0.2) is 0 Å². The van der Waals surface area contributed by atoms with Gasteiger partial charge >= 0.3 is 0 Å². The first-order valence-electron chi connectivity index (χ1n) is 12.1. The molecule has 5 rings (SSSR count). The Morgan fingerprint density at radius 3 is 0.962 bits per heavy atom. The Morgan fingerprint density at radius 2 is 0.654 bits per heavy atom. The minimum atomic E-state index is 0.892. The Labute approximate surface area is 161 Å². The molecule has 4 saturated carbocycles. The molecule has 0 aromatic heterocycles. The zero-order valence-electron chi connectivity index (χ0n) is 16.8. The lowest BCUT2D eigenvalue weighted by Crippen LogP contribution is -2.14. The van der Waals surface area contributed by atoms with E-state index in [2.05, 4.69) is 12.1 Å². The molecule has 0 heterocycles. The lowest BCUT2D eigenvalue weighted by atomic mass is 9.74. The molecule has 0 saturated heterocycles. The van der Waals surface area contributed by atoms with Crippen molar-refractivity contribution < 1.29 is 0 Å². The lowest BCUT2D eigenvalue weighted by molar-refractivity contribution is 0.610. The van der Waals surface area contributed by atoms with Crippen LogP contribution < -0.4 is 0 Å². The third kappa shape index (κ3) is 3.16. The summed E-state index contributed by atoms with van der Waals surface area (Å²) < 4.78 is 0. The highest BCUT2D eigenvalue weighted by Crippen LogP contribution is 2.51. The van der Waals surface area contributed by atoms with E-state index in [1.165, 1.54) is 103 Å². The molecule has 1 aromatic carbocycles. The molecular formula is C26H38. The molecule has 26 heavy (non-hydrogen) atoms. The molecule has 0 aliphatic heterocycles. The highest BCUT2D eigenvalue weighted by Gasteiger charge is 2.34. The van der Waals surface area contributed by atoms with E-state index in [1.807, 2.05) is 22.3 Å². The molecule has 0 radical (unpaired) electrons. The van der Waals surface area contributed by atoms with Crippen LogP contribution in [0.3, 0.4) is 0 Å². The Balaban J connectivity index is 1.65. The van der Waals surface area contributed by atoms with Crippen molar-refractivity contribution in [2.75, 3.05) is 0 Å². The maximum atomic E-state index is 2.65. The Morgan fingerprint density at radius 1 is 0.385 bits per heavy atom. The fraction of sp³-hybridized carbons (Fsp3) is 0.769. The summed E-state index contributed by atoms with van der Waals surface area (Å²) in [7, 11) is 0. The van der Waals surface area contributed by atoms with Crippen molar-refractivity contribution in [3.8, 4) is 0 Å². The first-order valence-corrected chi connectivity index (χ1v) is 12.1. The molecule has 142 valence electrons. The summed E-state index contributed by atoms with van der Waals surface area (Å²) >= 11 is 0. The summed E-state index contributed by atoms with van der Waals surface area (Å²) in [5, 5.41) is 0. The summed E-state index contributed by atoms with van der Waals surface area (Å²) in [4.78, 5) is 0. The second-order valence-electron chi connectivity index (χ2n) is 10.00. The van der Waals surface area contributed by atoms with Crippen LogP contribution in [0.15, 0.2) is 12.1 Å². The zero-order valence-corrected chi connectivity index (χ0v) is 16.8. The quantitative estimate of drug-likeness (QED) is 0.512. The topological polar surface area (TPSA) is 0 Å². The molecule has 0 amide bonds. The second-order valence-corrected chi connectivity index (χ2v) is 10.00. The molecule has 0 spiro atoms. The van der Waals surface area contributed by atoms with E-state index in [0.29, 0.717) is 0 Å². The average molecular weight is 351 g/mol. The van der Waals surface area contributed by atoms with Crippen LogP contribution in [0.1, 0.15) is 149 Å². The maximum Gasteiger partial charge on any atom is -0.0156 e. The number of hydrogen-bond donors (Lipinski definition) is 0. The summed E-state index contributed by atoms with van der Waals surface area (Å²) in [6.07, 6.45) is 23.6. The van der Waals surface area contributed by atoms with Gasteiger partial charge in [-0.1, -0.05) is 63.5 Å². The van der Waals surface area contributed by atoms with Crippen LogP contribution >= 0.6 is 0 Å². The standard InChI is InChI=1S/C26H38/c1-2-10-19(9-1)23-17-18-24(20-11-3-4-12-20)26(22-15-7-8-16-22)25(23)21-13-5-6-14-21/h17-22H,1-16H2. The third-order valence-electron chi connectivity index (χ3n) is 8.47. The van der Waals surface area contributed by atoms with Gasteiger partial charge in [0.15, 0.2) is 0 Å². The minimum absolute atomic E-state index is 0.892. The molecule has 0 nitrogen and oxygen atoms in total. The van der Waals surface area contributed by atoms with E-state index < -0.39 is 0 Å². The normalized spacial score (nSPS) is 26.5. The molecule has 1 aromatic rings. The van der Waals surface area contributed by atoms with Gasteiger partial charge in [0.25, 0.3) is 0 Å². The van der Waals surface area contributed by atoms with Crippen LogP contribution in [-0.2, 0) is 0 Å². The molecule has 0 N–H and O–H groups in total. The van der Waals surface area contributed by atoms with Crippen molar-refractivity contribution in [1.29, 1.82) is 0 Å². The van der Waals surface area contributed by atoms with Gasteiger partial charge in [-0.3, -0.25) is 0 Å². The average Bonchev–Trinajstić information content (AvgIpc) is 3.49. The minimum Gasteiger partial charge on any atom is -0.0582 e. The molecule has 4 aliphatic rings. The zero-order chi connectivity index (χ0) is 17.3. The molecule has 4 fully saturated rings. The van der Waals surface area contributed by atoms with Crippen LogP contribution in [0.25, 0.3) is 0 Å². The van der Waals surface area contributed by atoms with Crippen LogP contribution in [0.2, 0.25) is 0 Å². The van der Waals surface area contributed by atoms with Gasteiger partial charge in [0.1, 0.15) is 0 Å². The van der Waals surface area contributed by atoms with Gasteiger partial charge in [0.2, 0.25) is 0 Å². The third-order valence-corrected chi connectivity index (χ3v) is 8.47. The molecular weight excluding hydrogens is 312 g/mol. The Kier molecular flexibility index (Phi) is 5.12. The Bertz CT molecular complexity index is 548. The summed E-state index contributed by atoms with van der Waals surface area (Å²) in [6.45, 7) is 0. The largest absolute Gasteiger partial charge is 0.0582 e. The number of hydrogen-bond acceptors (Lipinski definition) is 0. The number of rotatable bonds is 4. The van der Waals surface area contributed by atoms with Gasteiger partial charge in [-0.25, -0.2) is 0 Å². The maximum absolute atomic E-state index is 2.65. The Hall–Kier alpha value is -0.780. The molecule has 0 heteroatoms. The van der Waals surface area contributed by atoms with Gasteiger partial charge in [-0.2, -0.15) is 0 Å².